The quantitative estimate of drug-likeness (QED) is 0.917. The van der Waals surface area contributed by atoms with Gasteiger partial charge in [-0.2, -0.15) is 22.0 Å². The summed E-state index contributed by atoms with van der Waals surface area (Å²) >= 11 is 2.07. The van der Waals surface area contributed by atoms with Gasteiger partial charge in [0.2, 0.25) is 0 Å². The van der Waals surface area contributed by atoms with Gasteiger partial charge in [-0.1, -0.05) is 18.2 Å². The van der Waals surface area contributed by atoms with Gasteiger partial charge in [0.15, 0.2) is 0 Å². The first-order valence-electron chi connectivity index (χ1n) is 6.35. The van der Waals surface area contributed by atoms with Crippen LogP contribution in [0, 0.1) is 0 Å². The molecule has 1 N–H and O–H groups in total. The van der Waals surface area contributed by atoms with Gasteiger partial charge in [0, 0.05) is 16.7 Å². The fraction of sp³-hybridized carbons (Fsp3) is 0.429. The maximum atomic E-state index is 4.14. The Labute approximate surface area is 111 Å². The largest absolute Gasteiger partial charge is 0.382 e. The van der Waals surface area contributed by atoms with Crippen molar-refractivity contribution in [2.24, 2.45) is 0 Å². The number of rotatable bonds is 3. The molecule has 1 aliphatic rings. The molecule has 1 aliphatic heterocycles. The monoisotopic (exact) mass is 259 g/mol. The minimum atomic E-state index is 0.365. The van der Waals surface area contributed by atoms with Crippen LogP contribution in [-0.4, -0.2) is 27.2 Å². The first-order valence-corrected chi connectivity index (χ1v) is 7.34. The molecule has 2 heterocycles. The standard InChI is InChI=1S/C14H17N3S/c1-14(7-4-8-18-14)10-15-13-9-16-17-12-6-3-2-5-11(12)13/h2-3,5-6,9H,4,7-8,10H2,1H3,(H,15,17). The van der Waals surface area contributed by atoms with Crippen molar-refractivity contribution in [2.45, 2.75) is 24.5 Å². The highest BCUT2D eigenvalue weighted by Gasteiger charge is 2.29. The second-order valence-electron chi connectivity index (χ2n) is 5.03. The van der Waals surface area contributed by atoms with E-state index in [0.717, 1.165) is 23.1 Å². The van der Waals surface area contributed by atoms with E-state index in [9.17, 15) is 0 Å². The van der Waals surface area contributed by atoms with E-state index < -0.39 is 0 Å². The van der Waals surface area contributed by atoms with Crippen molar-refractivity contribution in [2.75, 3.05) is 17.6 Å². The van der Waals surface area contributed by atoms with Gasteiger partial charge in [-0.15, -0.1) is 0 Å². The van der Waals surface area contributed by atoms with Gasteiger partial charge in [-0.3, -0.25) is 0 Å². The summed E-state index contributed by atoms with van der Waals surface area (Å²) in [6, 6.07) is 8.13. The Hall–Kier alpha value is -1.29. The zero-order chi connectivity index (χ0) is 12.4. The first-order chi connectivity index (χ1) is 8.77. The Morgan fingerprint density at radius 1 is 1.39 bits per heavy atom. The van der Waals surface area contributed by atoms with E-state index in [4.69, 9.17) is 0 Å². The molecule has 0 saturated carbocycles. The summed E-state index contributed by atoms with van der Waals surface area (Å²) in [5, 5.41) is 12.9. The summed E-state index contributed by atoms with van der Waals surface area (Å²) in [5.41, 5.74) is 2.04. The number of fused-ring (bicyclic) bond motifs is 1. The maximum Gasteiger partial charge on any atom is 0.0950 e. The van der Waals surface area contributed by atoms with Crippen LogP contribution < -0.4 is 5.32 Å². The summed E-state index contributed by atoms with van der Waals surface area (Å²) in [6.07, 6.45) is 4.45. The van der Waals surface area contributed by atoms with E-state index in [-0.39, 0.29) is 0 Å². The Morgan fingerprint density at radius 2 is 2.28 bits per heavy atom. The highest BCUT2D eigenvalue weighted by molar-refractivity contribution is 8.00. The van der Waals surface area contributed by atoms with Crippen molar-refractivity contribution in [3.05, 3.63) is 30.5 Å². The van der Waals surface area contributed by atoms with Gasteiger partial charge < -0.3 is 5.32 Å². The third kappa shape index (κ3) is 2.29. The number of nitrogens with one attached hydrogen (secondary N) is 1. The number of hydrogen-bond donors (Lipinski definition) is 1. The lowest BCUT2D eigenvalue weighted by atomic mass is 10.1. The molecule has 2 aromatic rings. The number of aromatic nitrogens is 2. The van der Waals surface area contributed by atoms with Crippen molar-refractivity contribution in [1.29, 1.82) is 0 Å². The Morgan fingerprint density at radius 3 is 3.11 bits per heavy atom. The van der Waals surface area contributed by atoms with E-state index in [0.29, 0.717) is 4.75 Å². The van der Waals surface area contributed by atoms with Crippen molar-refractivity contribution in [3.63, 3.8) is 0 Å². The molecular formula is C14H17N3S. The number of anilines is 1. The van der Waals surface area contributed by atoms with Crippen molar-refractivity contribution < 1.29 is 0 Å². The molecule has 1 fully saturated rings. The molecule has 0 spiro atoms. The molecule has 3 rings (SSSR count). The third-order valence-corrected chi connectivity index (χ3v) is 5.04. The van der Waals surface area contributed by atoms with Gasteiger partial charge in [0.1, 0.15) is 0 Å². The summed E-state index contributed by atoms with van der Waals surface area (Å²) in [7, 11) is 0. The molecule has 1 aromatic carbocycles. The van der Waals surface area contributed by atoms with Gasteiger partial charge >= 0.3 is 0 Å². The molecule has 0 amide bonds. The number of benzene rings is 1. The summed E-state index contributed by atoms with van der Waals surface area (Å²) < 4.78 is 0.365. The Bertz CT molecular complexity index is 544. The normalized spacial score (nSPS) is 23.4. The van der Waals surface area contributed by atoms with Crippen LogP contribution in [0.25, 0.3) is 10.9 Å². The van der Waals surface area contributed by atoms with Crippen LogP contribution in [0.4, 0.5) is 5.69 Å². The zero-order valence-corrected chi connectivity index (χ0v) is 11.3. The lowest BCUT2D eigenvalue weighted by Crippen LogP contribution is -2.27. The summed E-state index contributed by atoms with van der Waals surface area (Å²) in [5.74, 6) is 1.29. The summed E-state index contributed by atoms with van der Waals surface area (Å²) in [6.45, 7) is 3.34. The Balaban J connectivity index is 1.82. The van der Waals surface area contributed by atoms with Crippen molar-refractivity contribution in [1.82, 2.24) is 10.2 Å². The lowest BCUT2D eigenvalue weighted by Gasteiger charge is -2.23. The molecule has 18 heavy (non-hydrogen) atoms. The lowest BCUT2D eigenvalue weighted by molar-refractivity contribution is 0.635. The number of nitrogens with zero attached hydrogens (tertiary/aromatic N) is 2. The van der Waals surface area contributed by atoms with Crippen molar-refractivity contribution >= 4 is 28.4 Å². The van der Waals surface area contributed by atoms with Crippen LogP contribution in [0.1, 0.15) is 19.8 Å². The minimum absolute atomic E-state index is 0.365. The second-order valence-corrected chi connectivity index (χ2v) is 6.71. The van der Waals surface area contributed by atoms with E-state index >= 15 is 0 Å². The van der Waals surface area contributed by atoms with Crippen LogP contribution in [0.5, 0.6) is 0 Å². The predicted molar refractivity (Wildman–Crippen MR) is 78.1 cm³/mol. The SMILES string of the molecule is CC1(CNc2cnnc3ccccc23)CCCS1. The first kappa shape index (κ1) is 11.8. The smallest absolute Gasteiger partial charge is 0.0950 e. The molecule has 1 unspecified atom stereocenters. The summed E-state index contributed by atoms with van der Waals surface area (Å²) in [4.78, 5) is 0. The third-order valence-electron chi connectivity index (χ3n) is 3.50. The highest BCUT2D eigenvalue weighted by atomic mass is 32.2. The number of hydrogen-bond acceptors (Lipinski definition) is 4. The van der Waals surface area contributed by atoms with Crippen LogP contribution in [0.15, 0.2) is 30.5 Å². The van der Waals surface area contributed by atoms with Crippen LogP contribution in [-0.2, 0) is 0 Å². The van der Waals surface area contributed by atoms with Crippen LogP contribution in [0.2, 0.25) is 0 Å². The molecule has 0 aliphatic carbocycles. The number of thioether (sulfide) groups is 1. The van der Waals surface area contributed by atoms with Gasteiger partial charge in [0.05, 0.1) is 17.4 Å². The zero-order valence-electron chi connectivity index (χ0n) is 10.5. The molecule has 0 bridgehead atoms. The van der Waals surface area contributed by atoms with Gasteiger partial charge in [0.25, 0.3) is 0 Å². The van der Waals surface area contributed by atoms with Crippen molar-refractivity contribution in [3.8, 4) is 0 Å². The second kappa shape index (κ2) is 4.76. The predicted octanol–water partition coefficient (Wildman–Crippen LogP) is 3.33. The molecule has 1 aromatic heterocycles. The van der Waals surface area contributed by atoms with Gasteiger partial charge in [-0.25, -0.2) is 0 Å². The molecule has 1 saturated heterocycles. The molecule has 1 atom stereocenters. The Kier molecular flexibility index (Phi) is 3.12. The van der Waals surface area contributed by atoms with E-state index in [1.165, 1.54) is 18.6 Å². The van der Waals surface area contributed by atoms with Crippen LogP contribution in [0.3, 0.4) is 0 Å². The average Bonchev–Trinajstić information content (AvgIpc) is 2.84. The molecular weight excluding hydrogens is 242 g/mol. The van der Waals surface area contributed by atoms with Crippen LogP contribution >= 0.6 is 11.8 Å². The maximum absolute atomic E-state index is 4.14. The molecule has 4 heteroatoms. The topological polar surface area (TPSA) is 37.8 Å². The fourth-order valence-corrected chi connectivity index (χ4v) is 3.65. The fourth-order valence-electron chi connectivity index (χ4n) is 2.41. The molecule has 0 radical (unpaired) electrons. The minimum Gasteiger partial charge on any atom is -0.382 e. The van der Waals surface area contributed by atoms with E-state index in [1.54, 1.807) is 0 Å². The molecule has 3 nitrogen and oxygen atoms in total. The van der Waals surface area contributed by atoms with E-state index in [1.807, 2.05) is 24.4 Å². The highest BCUT2D eigenvalue weighted by Crippen LogP contribution is 2.38. The average molecular weight is 259 g/mol. The van der Waals surface area contributed by atoms with E-state index in [2.05, 4.69) is 40.3 Å². The van der Waals surface area contributed by atoms with Gasteiger partial charge in [-0.05, 0) is 31.6 Å². The molecule has 94 valence electrons.